The summed E-state index contributed by atoms with van der Waals surface area (Å²) in [4.78, 5) is 28.5. The number of hydrogen-bond acceptors (Lipinski definition) is 3. The van der Waals surface area contributed by atoms with Gasteiger partial charge in [0.2, 0.25) is 11.8 Å². The van der Waals surface area contributed by atoms with Gasteiger partial charge in [-0.25, -0.2) is 0 Å². The molecule has 138 valence electrons. The van der Waals surface area contributed by atoms with Crippen molar-refractivity contribution in [3.05, 3.63) is 71.8 Å². The lowest BCUT2D eigenvalue weighted by molar-refractivity contribution is -0.125. The van der Waals surface area contributed by atoms with Gasteiger partial charge < -0.3 is 10.6 Å². The first-order valence-corrected chi connectivity index (χ1v) is 9.24. The second-order valence-electron chi connectivity index (χ2n) is 7.26. The number of carbonyl (C=O) groups is 2. The molecule has 2 aliphatic rings. The number of benzene rings is 2. The maximum atomic E-state index is 13.2. The highest BCUT2D eigenvalue weighted by Gasteiger charge is 2.54. The number of anilines is 1. The van der Waals surface area contributed by atoms with Crippen LogP contribution in [0.1, 0.15) is 17.5 Å². The highest BCUT2D eigenvalue weighted by Crippen LogP contribution is 2.47. The fraction of sp³-hybridized carbons (Fsp3) is 0.273. The van der Waals surface area contributed by atoms with E-state index in [1.807, 2.05) is 42.5 Å². The molecule has 2 heterocycles. The van der Waals surface area contributed by atoms with E-state index in [0.29, 0.717) is 6.54 Å². The molecule has 0 radical (unpaired) electrons. The van der Waals surface area contributed by atoms with Crippen molar-refractivity contribution in [2.75, 3.05) is 31.1 Å². The summed E-state index contributed by atoms with van der Waals surface area (Å²) in [6, 6.07) is 18.0. The van der Waals surface area contributed by atoms with Crippen LogP contribution in [-0.4, -0.2) is 42.9 Å². The van der Waals surface area contributed by atoms with Crippen molar-refractivity contribution in [2.45, 2.75) is 11.8 Å². The molecular formula is C22H23N3O2. The lowest BCUT2D eigenvalue weighted by atomic mass is 9.81. The second-order valence-corrected chi connectivity index (χ2v) is 7.26. The molecule has 1 saturated heterocycles. The predicted octanol–water partition coefficient (Wildman–Crippen LogP) is 2.18. The number of rotatable bonds is 5. The number of amides is 2. The van der Waals surface area contributed by atoms with Gasteiger partial charge in [0.25, 0.3) is 0 Å². The zero-order valence-electron chi connectivity index (χ0n) is 15.2. The summed E-state index contributed by atoms with van der Waals surface area (Å²) in [5.41, 5.74) is 7.82. The third-order valence-electron chi connectivity index (χ3n) is 5.50. The van der Waals surface area contributed by atoms with Gasteiger partial charge in [-0.2, -0.15) is 0 Å². The van der Waals surface area contributed by atoms with E-state index in [2.05, 4.69) is 29.2 Å². The van der Waals surface area contributed by atoms with Gasteiger partial charge in [-0.15, -0.1) is 0 Å². The number of hydrogen-bond donors (Lipinski definition) is 1. The second kappa shape index (κ2) is 7.00. The van der Waals surface area contributed by atoms with Crippen LogP contribution in [0.25, 0.3) is 6.08 Å². The van der Waals surface area contributed by atoms with E-state index in [1.165, 1.54) is 5.56 Å². The Labute approximate surface area is 159 Å². The largest absolute Gasteiger partial charge is 0.368 e. The normalized spacial score (nSPS) is 22.1. The molecule has 1 fully saturated rings. The molecule has 1 atom stereocenters. The zero-order chi connectivity index (χ0) is 18.9. The maximum absolute atomic E-state index is 13.2. The van der Waals surface area contributed by atoms with Gasteiger partial charge in [0.15, 0.2) is 0 Å². The van der Waals surface area contributed by atoms with E-state index in [-0.39, 0.29) is 12.5 Å². The molecule has 27 heavy (non-hydrogen) atoms. The summed E-state index contributed by atoms with van der Waals surface area (Å²) < 4.78 is 0. The van der Waals surface area contributed by atoms with Gasteiger partial charge in [-0.05, 0) is 30.2 Å². The van der Waals surface area contributed by atoms with Crippen LogP contribution < -0.4 is 10.6 Å². The molecular weight excluding hydrogens is 338 g/mol. The molecule has 2 N–H and O–H groups in total. The Hall–Kier alpha value is -2.92. The highest BCUT2D eigenvalue weighted by atomic mass is 16.2. The van der Waals surface area contributed by atoms with Crippen LogP contribution in [0.4, 0.5) is 5.69 Å². The smallest absolute Gasteiger partial charge is 0.239 e. The monoisotopic (exact) mass is 361 g/mol. The predicted molar refractivity (Wildman–Crippen MR) is 106 cm³/mol. The summed E-state index contributed by atoms with van der Waals surface area (Å²) in [6.07, 6.45) is 5.01. The van der Waals surface area contributed by atoms with Gasteiger partial charge in [-0.3, -0.25) is 14.5 Å². The summed E-state index contributed by atoms with van der Waals surface area (Å²) in [6.45, 7) is 2.24. The standard InChI is InChI=1S/C22H23N3O2/c23-20(26)15-25-19-11-5-4-10-18(19)22(21(25)27)12-14-24(16-22)13-6-9-17-7-2-1-3-8-17/h1-11H,12-16H2,(H2,23,26)/b9-6+. The van der Waals surface area contributed by atoms with Crippen LogP contribution in [-0.2, 0) is 15.0 Å². The first kappa shape index (κ1) is 17.5. The number of likely N-dealkylation sites (tertiary alicyclic amines) is 1. The van der Waals surface area contributed by atoms with Crippen molar-refractivity contribution >= 4 is 23.6 Å². The molecule has 1 unspecified atom stereocenters. The van der Waals surface area contributed by atoms with Crippen LogP contribution in [0.2, 0.25) is 0 Å². The fourth-order valence-electron chi connectivity index (χ4n) is 4.25. The first-order valence-electron chi connectivity index (χ1n) is 9.24. The first-order chi connectivity index (χ1) is 13.1. The number of para-hydroxylation sites is 1. The summed E-state index contributed by atoms with van der Waals surface area (Å²) in [5.74, 6) is -0.493. The fourth-order valence-corrected chi connectivity index (χ4v) is 4.25. The average Bonchev–Trinajstić information content (AvgIpc) is 3.20. The number of carbonyl (C=O) groups excluding carboxylic acids is 2. The van der Waals surface area contributed by atoms with Crippen LogP contribution in [0.15, 0.2) is 60.7 Å². The van der Waals surface area contributed by atoms with E-state index in [4.69, 9.17) is 5.73 Å². The summed E-state index contributed by atoms with van der Waals surface area (Å²) >= 11 is 0. The van der Waals surface area contributed by atoms with Crippen molar-refractivity contribution in [2.24, 2.45) is 5.73 Å². The molecule has 0 saturated carbocycles. The number of primary amides is 1. The maximum Gasteiger partial charge on any atom is 0.239 e. The van der Waals surface area contributed by atoms with Gasteiger partial charge in [-0.1, -0.05) is 60.7 Å². The van der Waals surface area contributed by atoms with Gasteiger partial charge in [0.05, 0.1) is 5.41 Å². The topological polar surface area (TPSA) is 66.6 Å². The lowest BCUT2D eigenvalue weighted by Gasteiger charge is -2.24. The van der Waals surface area contributed by atoms with Crippen molar-refractivity contribution in [3.8, 4) is 0 Å². The van der Waals surface area contributed by atoms with Crippen LogP contribution in [0.3, 0.4) is 0 Å². The minimum atomic E-state index is -0.563. The minimum Gasteiger partial charge on any atom is -0.368 e. The van der Waals surface area contributed by atoms with Crippen molar-refractivity contribution in [1.29, 1.82) is 0 Å². The molecule has 5 heteroatoms. The van der Waals surface area contributed by atoms with Gasteiger partial charge >= 0.3 is 0 Å². The van der Waals surface area contributed by atoms with Crippen LogP contribution in [0.5, 0.6) is 0 Å². The molecule has 2 amide bonds. The van der Waals surface area contributed by atoms with Crippen molar-refractivity contribution < 1.29 is 9.59 Å². The Morgan fingerprint density at radius 3 is 2.63 bits per heavy atom. The Morgan fingerprint density at radius 1 is 1.11 bits per heavy atom. The van der Waals surface area contributed by atoms with Crippen molar-refractivity contribution in [3.63, 3.8) is 0 Å². The van der Waals surface area contributed by atoms with E-state index in [1.54, 1.807) is 4.90 Å². The lowest BCUT2D eigenvalue weighted by Crippen LogP contribution is -2.45. The molecule has 0 bridgehead atoms. The summed E-state index contributed by atoms with van der Waals surface area (Å²) in [5, 5.41) is 0. The molecule has 0 aromatic heterocycles. The van der Waals surface area contributed by atoms with Crippen molar-refractivity contribution in [1.82, 2.24) is 4.90 Å². The Morgan fingerprint density at radius 2 is 1.85 bits per heavy atom. The molecule has 1 spiro atoms. The third-order valence-corrected chi connectivity index (χ3v) is 5.50. The minimum absolute atomic E-state index is 0.00274. The average molecular weight is 361 g/mol. The SMILES string of the molecule is NC(=O)CN1C(=O)C2(CCN(C/C=C/c3ccccc3)C2)c2ccccc21. The molecule has 0 aliphatic carbocycles. The Bertz CT molecular complexity index is 893. The van der Waals surface area contributed by atoms with E-state index in [9.17, 15) is 9.59 Å². The van der Waals surface area contributed by atoms with Gasteiger partial charge in [0, 0.05) is 18.8 Å². The summed E-state index contributed by atoms with van der Waals surface area (Å²) in [7, 11) is 0. The van der Waals surface area contributed by atoms with Crippen LogP contribution in [0, 0.1) is 0 Å². The van der Waals surface area contributed by atoms with Gasteiger partial charge in [0.1, 0.15) is 6.54 Å². The van der Waals surface area contributed by atoms with E-state index in [0.717, 1.165) is 30.8 Å². The highest BCUT2D eigenvalue weighted by molar-refractivity contribution is 6.11. The van der Waals surface area contributed by atoms with E-state index < -0.39 is 11.3 Å². The quantitative estimate of drug-likeness (QED) is 0.888. The third kappa shape index (κ3) is 3.15. The molecule has 2 aliphatic heterocycles. The molecule has 4 rings (SSSR count). The van der Waals surface area contributed by atoms with Crippen LogP contribution >= 0.6 is 0 Å². The molecule has 5 nitrogen and oxygen atoms in total. The Kier molecular flexibility index (Phi) is 4.54. The molecule has 2 aromatic carbocycles. The number of fused-ring (bicyclic) bond motifs is 2. The Balaban J connectivity index is 1.53. The number of nitrogens with two attached hydrogens (primary N) is 1. The van der Waals surface area contributed by atoms with E-state index >= 15 is 0 Å². The zero-order valence-corrected chi connectivity index (χ0v) is 15.2. The molecule has 2 aromatic rings. The number of nitrogens with zero attached hydrogens (tertiary/aromatic N) is 2.